The van der Waals surface area contributed by atoms with Gasteiger partial charge >= 0.3 is 5.69 Å². The third-order valence-electron chi connectivity index (χ3n) is 1.78. The molecule has 0 spiro atoms. The summed E-state index contributed by atoms with van der Waals surface area (Å²) in [6.07, 6.45) is 1.69. The minimum absolute atomic E-state index is 0.0249. The second kappa shape index (κ2) is 2.51. The fourth-order valence-electron chi connectivity index (χ4n) is 1.16. The molecule has 0 atom stereocenters. The maximum Gasteiger partial charge on any atom is 0.314 e. The van der Waals surface area contributed by atoms with E-state index in [-0.39, 0.29) is 11.3 Å². The first kappa shape index (κ1) is 7.66. The van der Waals surface area contributed by atoms with Crippen molar-refractivity contribution in [1.82, 2.24) is 14.6 Å². The van der Waals surface area contributed by atoms with Crippen molar-refractivity contribution >= 4 is 11.3 Å². The molecule has 0 N–H and O–H groups in total. The first-order valence-corrected chi connectivity index (χ1v) is 3.65. The summed E-state index contributed by atoms with van der Waals surface area (Å²) in [5, 5.41) is 18.0. The van der Waals surface area contributed by atoms with Crippen LogP contribution in [0.15, 0.2) is 18.3 Å². The van der Waals surface area contributed by atoms with Gasteiger partial charge in [-0.1, -0.05) is 0 Å². The van der Waals surface area contributed by atoms with Crippen LogP contribution in [0.1, 0.15) is 5.82 Å². The molecule has 2 rings (SSSR count). The summed E-state index contributed by atoms with van der Waals surface area (Å²) in [5.74, 6) is 0.638. The van der Waals surface area contributed by atoms with E-state index >= 15 is 0 Å². The fourth-order valence-corrected chi connectivity index (χ4v) is 1.16. The van der Waals surface area contributed by atoms with E-state index in [2.05, 4.69) is 10.2 Å². The second-order valence-corrected chi connectivity index (χ2v) is 2.59. The number of rotatable bonds is 1. The van der Waals surface area contributed by atoms with Crippen LogP contribution in [-0.2, 0) is 0 Å². The summed E-state index contributed by atoms with van der Waals surface area (Å²) < 4.78 is 1.58. The lowest BCUT2D eigenvalue weighted by Gasteiger charge is -1.93. The number of aryl methyl sites for hydroxylation is 1. The average molecular weight is 178 g/mol. The van der Waals surface area contributed by atoms with Crippen molar-refractivity contribution < 1.29 is 4.92 Å². The van der Waals surface area contributed by atoms with E-state index in [4.69, 9.17) is 0 Å². The molecule has 0 amide bonds. The Morgan fingerprint density at radius 1 is 1.54 bits per heavy atom. The summed E-state index contributed by atoms with van der Waals surface area (Å²) in [6.45, 7) is 1.74. The molecule has 0 aliphatic rings. The Morgan fingerprint density at radius 3 is 3.00 bits per heavy atom. The molecule has 0 aliphatic carbocycles. The van der Waals surface area contributed by atoms with Crippen molar-refractivity contribution in [2.45, 2.75) is 6.92 Å². The Bertz CT molecular complexity index is 476. The fraction of sp³-hybridized carbons (Fsp3) is 0.143. The molecule has 0 unspecified atom stereocenters. The molecule has 2 aromatic rings. The molecule has 66 valence electrons. The Labute approximate surface area is 73.0 Å². The quantitative estimate of drug-likeness (QED) is 0.481. The number of nitrogens with zero attached hydrogens (tertiary/aromatic N) is 4. The summed E-state index contributed by atoms with van der Waals surface area (Å²) >= 11 is 0. The van der Waals surface area contributed by atoms with Gasteiger partial charge in [-0.05, 0) is 13.0 Å². The molecule has 2 heterocycles. The van der Waals surface area contributed by atoms with E-state index in [1.165, 1.54) is 6.07 Å². The third-order valence-corrected chi connectivity index (χ3v) is 1.78. The van der Waals surface area contributed by atoms with Crippen LogP contribution in [0.3, 0.4) is 0 Å². The molecule has 0 saturated heterocycles. The van der Waals surface area contributed by atoms with Gasteiger partial charge in [0.2, 0.25) is 5.65 Å². The van der Waals surface area contributed by atoms with Crippen LogP contribution in [0, 0.1) is 17.0 Å². The highest BCUT2D eigenvalue weighted by Crippen LogP contribution is 2.16. The molecule has 0 fully saturated rings. The minimum Gasteiger partial charge on any atom is -0.281 e. The molecule has 13 heavy (non-hydrogen) atoms. The Kier molecular flexibility index (Phi) is 1.48. The van der Waals surface area contributed by atoms with Gasteiger partial charge in [-0.15, -0.1) is 10.2 Å². The predicted octanol–water partition coefficient (Wildman–Crippen LogP) is 0.946. The zero-order valence-electron chi connectivity index (χ0n) is 6.84. The highest BCUT2D eigenvalue weighted by molar-refractivity contribution is 5.58. The van der Waals surface area contributed by atoms with Crippen LogP contribution in [0.2, 0.25) is 0 Å². The lowest BCUT2D eigenvalue weighted by molar-refractivity contribution is -0.383. The molecule has 6 nitrogen and oxygen atoms in total. The largest absolute Gasteiger partial charge is 0.314 e. The normalized spacial score (nSPS) is 10.5. The number of aromatic nitrogens is 3. The van der Waals surface area contributed by atoms with Gasteiger partial charge in [0.15, 0.2) is 0 Å². The van der Waals surface area contributed by atoms with Crippen LogP contribution in [0.4, 0.5) is 5.69 Å². The Balaban J connectivity index is 2.84. The first-order chi connectivity index (χ1) is 6.20. The van der Waals surface area contributed by atoms with Gasteiger partial charge in [0.1, 0.15) is 5.82 Å². The highest BCUT2D eigenvalue weighted by atomic mass is 16.6. The maximum absolute atomic E-state index is 10.5. The van der Waals surface area contributed by atoms with Gasteiger partial charge in [0.05, 0.1) is 4.92 Å². The summed E-state index contributed by atoms with van der Waals surface area (Å²) in [5.41, 5.74) is 0.258. The Morgan fingerprint density at radius 2 is 2.31 bits per heavy atom. The van der Waals surface area contributed by atoms with Crippen molar-refractivity contribution in [3.05, 3.63) is 34.3 Å². The number of hydrogen-bond donors (Lipinski definition) is 0. The number of hydrogen-bond acceptors (Lipinski definition) is 4. The maximum atomic E-state index is 10.5. The summed E-state index contributed by atoms with van der Waals surface area (Å²) in [6, 6.07) is 3.00. The molecular formula is C7H6N4O2. The van der Waals surface area contributed by atoms with Crippen LogP contribution in [0.5, 0.6) is 0 Å². The minimum atomic E-state index is -0.469. The standard InChI is InChI=1S/C7H6N4O2/c1-5-8-9-7-6(11(12)13)3-2-4-10(5)7/h2-4H,1H3. The van der Waals surface area contributed by atoms with Crippen molar-refractivity contribution in [3.8, 4) is 0 Å². The van der Waals surface area contributed by atoms with E-state index in [0.29, 0.717) is 5.82 Å². The van der Waals surface area contributed by atoms with Gasteiger partial charge in [-0.3, -0.25) is 14.5 Å². The molecule has 0 aliphatic heterocycles. The van der Waals surface area contributed by atoms with E-state index in [1.54, 1.807) is 23.6 Å². The third kappa shape index (κ3) is 1.03. The van der Waals surface area contributed by atoms with Crippen LogP contribution < -0.4 is 0 Å². The van der Waals surface area contributed by atoms with Crippen molar-refractivity contribution in [3.63, 3.8) is 0 Å². The van der Waals surface area contributed by atoms with Gasteiger partial charge in [0.25, 0.3) is 0 Å². The van der Waals surface area contributed by atoms with Crippen LogP contribution in [-0.4, -0.2) is 19.5 Å². The molecule has 0 bridgehead atoms. The van der Waals surface area contributed by atoms with Crippen molar-refractivity contribution in [2.75, 3.05) is 0 Å². The lowest BCUT2D eigenvalue weighted by atomic mass is 10.4. The SMILES string of the molecule is Cc1nnc2c([N+](=O)[O-])cccn12. The number of nitro groups is 1. The Hall–Kier alpha value is -1.98. The molecular weight excluding hydrogens is 172 g/mol. The van der Waals surface area contributed by atoms with Crippen molar-refractivity contribution in [1.29, 1.82) is 0 Å². The first-order valence-electron chi connectivity index (χ1n) is 3.65. The molecule has 2 aromatic heterocycles. The lowest BCUT2D eigenvalue weighted by Crippen LogP contribution is -1.93. The predicted molar refractivity (Wildman–Crippen MR) is 44.4 cm³/mol. The van der Waals surface area contributed by atoms with Crippen LogP contribution in [0.25, 0.3) is 5.65 Å². The van der Waals surface area contributed by atoms with E-state index in [9.17, 15) is 10.1 Å². The van der Waals surface area contributed by atoms with E-state index < -0.39 is 4.92 Å². The van der Waals surface area contributed by atoms with Crippen molar-refractivity contribution in [2.24, 2.45) is 0 Å². The molecule has 0 saturated carbocycles. The summed E-state index contributed by atoms with van der Waals surface area (Å²) in [4.78, 5) is 10.1. The average Bonchev–Trinajstić information content (AvgIpc) is 2.48. The van der Waals surface area contributed by atoms with Gasteiger partial charge in [-0.25, -0.2) is 0 Å². The van der Waals surface area contributed by atoms with Gasteiger partial charge < -0.3 is 0 Å². The smallest absolute Gasteiger partial charge is 0.281 e. The topological polar surface area (TPSA) is 73.3 Å². The van der Waals surface area contributed by atoms with Gasteiger partial charge in [0, 0.05) is 12.3 Å². The highest BCUT2D eigenvalue weighted by Gasteiger charge is 2.14. The molecule has 0 radical (unpaired) electrons. The summed E-state index contributed by atoms with van der Waals surface area (Å²) in [7, 11) is 0. The van der Waals surface area contributed by atoms with Crippen LogP contribution >= 0.6 is 0 Å². The van der Waals surface area contributed by atoms with E-state index in [0.717, 1.165) is 0 Å². The zero-order valence-corrected chi connectivity index (χ0v) is 6.84. The number of pyridine rings is 1. The zero-order chi connectivity index (χ0) is 9.42. The molecule has 6 heteroatoms. The number of fused-ring (bicyclic) bond motifs is 1. The molecule has 0 aromatic carbocycles. The van der Waals surface area contributed by atoms with E-state index in [1.807, 2.05) is 0 Å². The monoisotopic (exact) mass is 178 g/mol. The second-order valence-electron chi connectivity index (χ2n) is 2.59. The van der Waals surface area contributed by atoms with Gasteiger partial charge in [-0.2, -0.15) is 0 Å².